The van der Waals surface area contributed by atoms with E-state index in [4.69, 9.17) is 0 Å². The van der Waals surface area contributed by atoms with Crippen LogP contribution >= 0.6 is 0 Å². The third kappa shape index (κ3) is 2.20. The summed E-state index contributed by atoms with van der Waals surface area (Å²) >= 11 is 0. The number of nitrogens with zero attached hydrogens (tertiary/aromatic N) is 2. The van der Waals surface area contributed by atoms with Crippen LogP contribution in [-0.4, -0.2) is 15.1 Å². The average Bonchev–Trinajstić information content (AvgIpc) is 2.46. The molecule has 0 saturated carbocycles. The molecule has 0 spiro atoms. The summed E-state index contributed by atoms with van der Waals surface area (Å²) in [6.45, 7) is 1.90. The first-order chi connectivity index (χ1) is 9.25. The molecule has 0 fully saturated rings. The first kappa shape index (κ1) is 11.8. The van der Waals surface area contributed by atoms with Gasteiger partial charge in [-0.1, -0.05) is 18.2 Å². The maximum atomic E-state index is 10.5. The van der Waals surface area contributed by atoms with E-state index in [1.807, 2.05) is 49.4 Å². The Morgan fingerprint density at radius 2 is 1.79 bits per heavy atom. The lowest BCUT2D eigenvalue weighted by molar-refractivity contribution is 0.219. The third-order valence-electron chi connectivity index (χ3n) is 3.29. The second-order valence-corrected chi connectivity index (χ2v) is 4.54. The molecule has 3 rings (SSSR count). The van der Waals surface area contributed by atoms with Gasteiger partial charge in [0.05, 0.1) is 5.52 Å². The van der Waals surface area contributed by atoms with Crippen LogP contribution in [0.15, 0.2) is 54.9 Å². The normalized spacial score (nSPS) is 12.5. The van der Waals surface area contributed by atoms with E-state index in [-0.39, 0.29) is 0 Å². The fourth-order valence-electron chi connectivity index (χ4n) is 2.23. The minimum absolute atomic E-state index is 0.654. The van der Waals surface area contributed by atoms with Crippen LogP contribution in [0.5, 0.6) is 0 Å². The summed E-state index contributed by atoms with van der Waals surface area (Å²) in [5.74, 6) is 0. The molecule has 94 valence electrons. The molecule has 19 heavy (non-hydrogen) atoms. The number of aliphatic hydroxyl groups is 1. The molecule has 3 nitrogen and oxygen atoms in total. The van der Waals surface area contributed by atoms with E-state index in [2.05, 4.69) is 9.97 Å². The number of fused-ring (bicyclic) bond motifs is 1. The summed E-state index contributed by atoms with van der Waals surface area (Å²) in [4.78, 5) is 8.49. The van der Waals surface area contributed by atoms with E-state index < -0.39 is 6.10 Å². The van der Waals surface area contributed by atoms with Crippen molar-refractivity contribution in [2.24, 2.45) is 0 Å². The Morgan fingerprint density at radius 3 is 2.63 bits per heavy atom. The highest BCUT2D eigenvalue weighted by molar-refractivity contribution is 5.79. The third-order valence-corrected chi connectivity index (χ3v) is 3.29. The van der Waals surface area contributed by atoms with Crippen molar-refractivity contribution in [1.29, 1.82) is 0 Å². The van der Waals surface area contributed by atoms with Gasteiger partial charge in [0.25, 0.3) is 0 Å². The zero-order chi connectivity index (χ0) is 13.2. The largest absolute Gasteiger partial charge is 0.384 e. The maximum absolute atomic E-state index is 10.5. The molecule has 2 aromatic heterocycles. The van der Waals surface area contributed by atoms with Gasteiger partial charge in [-0.25, -0.2) is 0 Å². The summed E-state index contributed by atoms with van der Waals surface area (Å²) in [5.41, 5.74) is 3.48. The molecular weight excluding hydrogens is 236 g/mol. The lowest BCUT2D eigenvalue weighted by Gasteiger charge is -2.13. The minimum Gasteiger partial charge on any atom is -0.384 e. The fourth-order valence-corrected chi connectivity index (χ4v) is 2.23. The molecule has 0 aliphatic carbocycles. The molecule has 0 saturated heterocycles. The smallest absolute Gasteiger partial charge is 0.106 e. The standard InChI is InChI=1S/C16H14N2O/c1-11-14(5-3-8-17-11)16(19)13-6-7-15-12(10-13)4-2-9-18-15/h2-10,16,19H,1H3. The van der Waals surface area contributed by atoms with Crippen molar-refractivity contribution in [1.82, 2.24) is 9.97 Å². The zero-order valence-corrected chi connectivity index (χ0v) is 10.6. The lowest BCUT2D eigenvalue weighted by atomic mass is 9.99. The molecule has 3 heteroatoms. The van der Waals surface area contributed by atoms with E-state index in [9.17, 15) is 5.11 Å². The van der Waals surface area contributed by atoms with Crippen LogP contribution in [0, 0.1) is 6.92 Å². The predicted octanol–water partition coefficient (Wildman–Crippen LogP) is 3.02. The van der Waals surface area contributed by atoms with Crippen molar-refractivity contribution in [2.75, 3.05) is 0 Å². The molecule has 0 aliphatic heterocycles. The summed E-state index contributed by atoms with van der Waals surface area (Å²) in [6, 6.07) is 13.4. The molecule has 0 amide bonds. The van der Waals surface area contributed by atoms with Crippen LogP contribution in [0.4, 0.5) is 0 Å². The molecule has 1 unspecified atom stereocenters. The quantitative estimate of drug-likeness (QED) is 0.760. The fraction of sp³-hybridized carbons (Fsp3) is 0.125. The van der Waals surface area contributed by atoms with Gasteiger partial charge >= 0.3 is 0 Å². The number of rotatable bonds is 2. The Kier molecular flexibility index (Phi) is 2.97. The molecule has 0 aliphatic rings. The van der Waals surface area contributed by atoms with Crippen molar-refractivity contribution in [2.45, 2.75) is 13.0 Å². The van der Waals surface area contributed by atoms with E-state index in [1.165, 1.54) is 0 Å². The van der Waals surface area contributed by atoms with Crippen LogP contribution in [0.2, 0.25) is 0 Å². The van der Waals surface area contributed by atoms with Gasteiger partial charge in [0.15, 0.2) is 0 Å². The Balaban J connectivity index is 2.07. The number of aliphatic hydroxyl groups excluding tert-OH is 1. The van der Waals surface area contributed by atoms with Gasteiger partial charge in [-0.15, -0.1) is 0 Å². The van der Waals surface area contributed by atoms with Crippen LogP contribution < -0.4 is 0 Å². The SMILES string of the molecule is Cc1ncccc1C(O)c1ccc2ncccc2c1. The van der Waals surface area contributed by atoms with Crippen molar-refractivity contribution in [3.8, 4) is 0 Å². The predicted molar refractivity (Wildman–Crippen MR) is 74.8 cm³/mol. The average molecular weight is 250 g/mol. The van der Waals surface area contributed by atoms with Crippen molar-refractivity contribution in [3.05, 3.63) is 71.7 Å². The molecule has 1 atom stereocenters. The zero-order valence-electron chi connectivity index (χ0n) is 10.6. The Hall–Kier alpha value is -2.26. The van der Waals surface area contributed by atoms with Crippen molar-refractivity contribution < 1.29 is 5.11 Å². The van der Waals surface area contributed by atoms with Gasteiger partial charge in [0.2, 0.25) is 0 Å². The molecule has 0 radical (unpaired) electrons. The van der Waals surface area contributed by atoms with E-state index in [0.29, 0.717) is 0 Å². The van der Waals surface area contributed by atoms with Gasteiger partial charge in [-0.05, 0) is 36.8 Å². The first-order valence-corrected chi connectivity index (χ1v) is 6.20. The minimum atomic E-state index is -0.654. The van der Waals surface area contributed by atoms with Crippen LogP contribution in [0.1, 0.15) is 22.9 Å². The lowest BCUT2D eigenvalue weighted by Crippen LogP contribution is -2.03. The van der Waals surface area contributed by atoms with Crippen molar-refractivity contribution >= 4 is 10.9 Å². The second kappa shape index (κ2) is 4.78. The first-order valence-electron chi connectivity index (χ1n) is 6.20. The highest BCUT2D eigenvalue weighted by atomic mass is 16.3. The van der Waals surface area contributed by atoms with Gasteiger partial charge in [-0.3, -0.25) is 9.97 Å². The number of benzene rings is 1. The maximum Gasteiger partial charge on any atom is 0.106 e. The molecule has 1 aromatic carbocycles. The number of aromatic nitrogens is 2. The number of hydrogen-bond acceptors (Lipinski definition) is 3. The van der Waals surface area contributed by atoms with Gasteiger partial charge in [-0.2, -0.15) is 0 Å². The van der Waals surface area contributed by atoms with Crippen molar-refractivity contribution in [3.63, 3.8) is 0 Å². The number of hydrogen-bond donors (Lipinski definition) is 1. The number of pyridine rings is 2. The molecule has 3 aromatic rings. The second-order valence-electron chi connectivity index (χ2n) is 4.54. The van der Waals surface area contributed by atoms with Gasteiger partial charge < -0.3 is 5.11 Å². The Bertz CT molecular complexity index is 725. The van der Waals surface area contributed by atoms with Crippen LogP contribution in [-0.2, 0) is 0 Å². The highest BCUT2D eigenvalue weighted by Crippen LogP contribution is 2.25. The Labute approximate surface area is 111 Å². The summed E-state index contributed by atoms with van der Waals surface area (Å²) in [5, 5.41) is 11.5. The molecule has 1 N–H and O–H groups in total. The summed E-state index contributed by atoms with van der Waals surface area (Å²) < 4.78 is 0. The van der Waals surface area contributed by atoms with Crippen LogP contribution in [0.3, 0.4) is 0 Å². The topological polar surface area (TPSA) is 46.0 Å². The molecule has 2 heterocycles. The Morgan fingerprint density at radius 1 is 1.00 bits per heavy atom. The monoisotopic (exact) mass is 250 g/mol. The summed E-state index contributed by atoms with van der Waals surface area (Å²) in [7, 11) is 0. The van der Waals surface area contributed by atoms with Gasteiger partial charge in [0.1, 0.15) is 6.10 Å². The van der Waals surface area contributed by atoms with E-state index >= 15 is 0 Å². The van der Waals surface area contributed by atoms with E-state index in [0.717, 1.165) is 27.7 Å². The van der Waals surface area contributed by atoms with E-state index in [1.54, 1.807) is 12.4 Å². The van der Waals surface area contributed by atoms with Crippen LogP contribution in [0.25, 0.3) is 10.9 Å². The molecular formula is C16H14N2O. The molecule has 0 bridgehead atoms. The number of aryl methyl sites for hydroxylation is 1. The highest BCUT2D eigenvalue weighted by Gasteiger charge is 2.13. The van der Waals surface area contributed by atoms with Gasteiger partial charge in [0, 0.05) is 29.0 Å². The summed E-state index contributed by atoms with van der Waals surface area (Å²) in [6.07, 6.45) is 2.85.